The summed E-state index contributed by atoms with van der Waals surface area (Å²) in [4.78, 5) is 14.5. The maximum absolute atomic E-state index is 11.6. The molecule has 1 unspecified atom stereocenters. The van der Waals surface area contributed by atoms with Gasteiger partial charge in [-0.05, 0) is 44.1 Å². The molecule has 2 heterocycles. The van der Waals surface area contributed by atoms with E-state index in [9.17, 15) is 10.1 Å². The van der Waals surface area contributed by atoms with Gasteiger partial charge in [0.05, 0.1) is 10.3 Å². The molecule has 33 heavy (non-hydrogen) atoms. The minimum absolute atomic E-state index is 0.125. The Morgan fingerprint density at radius 2 is 1.73 bits per heavy atom. The number of terminal acetylenes is 1. The van der Waals surface area contributed by atoms with Crippen LogP contribution in [0.1, 0.15) is 54.0 Å². The van der Waals surface area contributed by atoms with Gasteiger partial charge in [-0.25, -0.2) is 0 Å². The highest BCUT2D eigenvalue weighted by Crippen LogP contribution is 2.63. The number of fused-ring (bicyclic) bond motifs is 3. The summed E-state index contributed by atoms with van der Waals surface area (Å²) in [6, 6.07) is 9.37. The van der Waals surface area contributed by atoms with Crippen LogP contribution in [0.4, 0.5) is 5.69 Å². The number of rotatable bonds is 1. The average molecular weight is 463 g/mol. The third-order valence-electron chi connectivity index (χ3n) is 6.21. The van der Waals surface area contributed by atoms with Crippen LogP contribution in [0.2, 0.25) is 0 Å². The molecular formula is C28H34N2O2S. The van der Waals surface area contributed by atoms with E-state index < -0.39 is 0 Å². The number of likely N-dealkylation sites (N-methyl/N-ethyl adjacent to an activating group) is 1. The predicted molar refractivity (Wildman–Crippen MR) is 143 cm³/mol. The topological polar surface area (TPSA) is 46.4 Å². The Hall–Kier alpha value is -2.97. The first-order valence-electron chi connectivity index (χ1n) is 11.2. The van der Waals surface area contributed by atoms with Crippen molar-refractivity contribution in [2.24, 2.45) is 5.41 Å². The molecule has 0 aromatic heterocycles. The molecule has 0 N–H and O–H groups in total. The summed E-state index contributed by atoms with van der Waals surface area (Å²) in [6.45, 7) is 14.4. The van der Waals surface area contributed by atoms with Gasteiger partial charge >= 0.3 is 0 Å². The lowest BCUT2D eigenvalue weighted by molar-refractivity contribution is -0.383. The van der Waals surface area contributed by atoms with Crippen LogP contribution >= 0.6 is 11.8 Å². The van der Waals surface area contributed by atoms with Gasteiger partial charge in [-0.2, -0.15) is 0 Å². The van der Waals surface area contributed by atoms with E-state index in [1.807, 2.05) is 38.1 Å². The highest BCUT2D eigenvalue weighted by Gasteiger charge is 2.57. The van der Waals surface area contributed by atoms with Crippen molar-refractivity contribution < 1.29 is 4.92 Å². The second-order valence-corrected chi connectivity index (χ2v) is 9.33. The quantitative estimate of drug-likeness (QED) is 0.244. The Kier molecular flexibility index (Phi) is 8.21. The molecule has 174 valence electrons. The van der Waals surface area contributed by atoms with Gasteiger partial charge in [0.15, 0.2) is 0 Å². The number of allylic oxidation sites excluding steroid dienone is 3. The summed E-state index contributed by atoms with van der Waals surface area (Å²) in [7, 11) is 2.14. The molecular weight excluding hydrogens is 428 g/mol. The summed E-state index contributed by atoms with van der Waals surface area (Å²) < 4.78 is 0. The molecule has 2 aromatic rings. The smallest absolute Gasteiger partial charge is 0.277 e. The van der Waals surface area contributed by atoms with Crippen LogP contribution in [0.25, 0.3) is 16.8 Å². The maximum Gasteiger partial charge on any atom is 0.277 e. The second-order valence-electron chi connectivity index (χ2n) is 8.10. The molecule has 2 aliphatic heterocycles. The zero-order chi connectivity index (χ0) is 25.0. The van der Waals surface area contributed by atoms with E-state index in [-0.39, 0.29) is 20.9 Å². The summed E-state index contributed by atoms with van der Waals surface area (Å²) in [5.74, 6) is 2.25. The van der Waals surface area contributed by atoms with Crippen molar-refractivity contribution in [3.63, 3.8) is 0 Å². The summed E-state index contributed by atoms with van der Waals surface area (Å²) in [6.07, 6.45) is 13.3. The lowest BCUT2D eigenvalue weighted by Gasteiger charge is -2.45. The molecule has 0 bridgehead atoms. The van der Waals surface area contributed by atoms with Crippen LogP contribution in [0, 0.1) is 27.9 Å². The second kappa shape index (κ2) is 10.3. The number of nitro groups is 1. The first-order valence-corrected chi connectivity index (χ1v) is 12.0. The van der Waals surface area contributed by atoms with E-state index in [0.717, 1.165) is 15.8 Å². The predicted octanol–water partition coefficient (Wildman–Crippen LogP) is 8.05. The van der Waals surface area contributed by atoms with Crippen LogP contribution in [0.15, 0.2) is 64.7 Å². The van der Waals surface area contributed by atoms with Crippen molar-refractivity contribution in [1.29, 1.82) is 0 Å². The molecule has 4 nitrogen and oxygen atoms in total. The van der Waals surface area contributed by atoms with Gasteiger partial charge in [-0.3, -0.25) is 10.1 Å². The van der Waals surface area contributed by atoms with Crippen LogP contribution < -0.4 is 0 Å². The zero-order valence-corrected chi connectivity index (χ0v) is 21.7. The Bertz CT molecular complexity index is 1180. The van der Waals surface area contributed by atoms with Crippen molar-refractivity contribution >= 4 is 34.3 Å². The molecule has 0 aliphatic carbocycles. The summed E-state index contributed by atoms with van der Waals surface area (Å²) in [5.41, 5.74) is 3.52. The van der Waals surface area contributed by atoms with Crippen LogP contribution in [0.5, 0.6) is 0 Å². The van der Waals surface area contributed by atoms with Gasteiger partial charge in [0, 0.05) is 34.5 Å². The first kappa shape index (κ1) is 26.3. The lowest BCUT2D eigenvalue weighted by atomic mass is 9.78. The highest BCUT2D eigenvalue weighted by atomic mass is 32.2. The van der Waals surface area contributed by atoms with Crippen molar-refractivity contribution in [2.45, 2.75) is 58.2 Å². The first-order chi connectivity index (χ1) is 15.7. The minimum Gasteiger partial charge on any atom is -0.356 e. The Morgan fingerprint density at radius 1 is 1.15 bits per heavy atom. The largest absolute Gasteiger partial charge is 0.356 e. The fraction of sp³-hybridized carbons (Fsp3) is 0.357. The Morgan fingerprint density at radius 3 is 2.21 bits per heavy atom. The molecule has 0 radical (unpaired) electrons. The third-order valence-corrected chi connectivity index (χ3v) is 8.10. The van der Waals surface area contributed by atoms with E-state index >= 15 is 0 Å². The van der Waals surface area contributed by atoms with Gasteiger partial charge in [-0.1, -0.05) is 75.9 Å². The Labute approximate surface area is 202 Å². The van der Waals surface area contributed by atoms with Crippen LogP contribution in [-0.2, 0) is 0 Å². The van der Waals surface area contributed by atoms with Gasteiger partial charge in [0.1, 0.15) is 4.87 Å². The van der Waals surface area contributed by atoms with E-state index in [1.165, 1.54) is 11.3 Å². The number of thioether (sulfide) groups is 1. The van der Waals surface area contributed by atoms with Crippen LogP contribution in [0.3, 0.4) is 0 Å². The number of non-ortho nitro benzene ring substituents is 1. The fourth-order valence-corrected chi connectivity index (χ4v) is 6.38. The highest BCUT2D eigenvalue weighted by molar-refractivity contribution is 8.01. The normalized spacial score (nSPS) is 22.3. The molecule has 1 fully saturated rings. The number of likely N-dealkylation sites (tertiary alicyclic amines) is 1. The van der Waals surface area contributed by atoms with Crippen molar-refractivity contribution in [1.82, 2.24) is 4.90 Å². The van der Waals surface area contributed by atoms with Gasteiger partial charge in [0.25, 0.3) is 5.69 Å². The number of hydrogen-bond acceptors (Lipinski definition) is 4. The van der Waals surface area contributed by atoms with Crippen molar-refractivity contribution in [3.05, 3.63) is 75.5 Å². The molecule has 5 heteroatoms. The number of benzene rings is 2. The molecule has 1 spiro atoms. The molecule has 1 atom stereocenters. The van der Waals surface area contributed by atoms with Crippen molar-refractivity contribution in [2.75, 3.05) is 7.05 Å². The molecule has 4 rings (SSSR count). The number of hydrogen-bond donors (Lipinski definition) is 0. The third kappa shape index (κ3) is 4.09. The van der Waals surface area contributed by atoms with Crippen molar-refractivity contribution in [3.8, 4) is 12.3 Å². The molecule has 0 amide bonds. The lowest BCUT2D eigenvalue weighted by Crippen LogP contribution is -2.46. The Balaban J connectivity index is 0.000000714. The van der Waals surface area contributed by atoms with Gasteiger partial charge in [0.2, 0.25) is 0 Å². The van der Waals surface area contributed by atoms with Gasteiger partial charge in [-0.15, -0.1) is 12.3 Å². The zero-order valence-electron chi connectivity index (χ0n) is 20.9. The van der Waals surface area contributed by atoms with E-state index in [1.54, 1.807) is 24.8 Å². The average Bonchev–Trinajstić information content (AvgIpc) is 2.97. The fourth-order valence-electron chi connectivity index (χ4n) is 4.80. The molecule has 1 saturated heterocycles. The van der Waals surface area contributed by atoms with Crippen LogP contribution in [-0.4, -0.2) is 21.7 Å². The molecule has 0 saturated carbocycles. The standard InChI is InChI=1S/C23H24N2O2S.C3H4.C2H6/c1-6-18-19(7-2)24(5)23(22(18,3)4)13-12-15-14-20(25(26)27)16-10-8-9-11-17(16)21(15)28-23;1-3-2;1-2/h6-14H,1-5H3;1H,2H3;1-2H3/b18-6+,19-7+;;. The molecule has 2 aliphatic rings. The van der Waals surface area contributed by atoms with E-state index in [4.69, 9.17) is 0 Å². The SMILES string of the molecule is C#CC.C/C=C1\C(=C/C)N(C)C2(C=Cc3cc([N+](=O)[O-])c4ccccc4c3S2)C1(C)C.CC. The minimum atomic E-state index is -0.289. The number of nitro benzene ring substituents is 1. The number of nitrogens with zero attached hydrogens (tertiary/aromatic N) is 2. The molecule has 2 aromatic carbocycles. The van der Waals surface area contributed by atoms with Gasteiger partial charge < -0.3 is 4.90 Å². The van der Waals surface area contributed by atoms with E-state index in [0.29, 0.717) is 5.39 Å². The van der Waals surface area contributed by atoms with E-state index in [2.05, 4.69) is 76.3 Å². The summed E-state index contributed by atoms with van der Waals surface area (Å²) >= 11 is 1.80. The monoisotopic (exact) mass is 462 g/mol. The summed E-state index contributed by atoms with van der Waals surface area (Å²) in [5, 5.41) is 13.3. The maximum atomic E-state index is 11.6.